The molecule has 0 unspecified atom stereocenters. The normalized spacial score (nSPS) is 14.9. The van der Waals surface area contributed by atoms with E-state index in [1.165, 1.54) is 15.9 Å². The van der Waals surface area contributed by atoms with Gasteiger partial charge < -0.3 is 9.80 Å². The zero-order chi connectivity index (χ0) is 21.3. The summed E-state index contributed by atoms with van der Waals surface area (Å²) >= 11 is 5.85. The van der Waals surface area contributed by atoms with E-state index < -0.39 is 22.7 Å². The van der Waals surface area contributed by atoms with Gasteiger partial charge in [0.2, 0.25) is 0 Å². The number of benzene rings is 1. The third kappa shape index (κ3) is 4.09. The molecule has 0 radical (unpaired) electrons. The summed E-state index contributed by atoms with van der Waals surface area (Å²) in [6.45, 7) is 1.90. The van der Waals surface area contributed by atoms with Crippen molar-refractivity contribution >= 4 is 29.2 Å². The molecule has 1 aromatic carbocycles. The summed E-state index contributed by atoms with van der Waals surface area (Å²) in [6, 6.07) is 6.59. The number of nitrogens with one attached hydrogen (secondary N) is 2. The number of alkyl halides is 3. The van der Waals surface area contributed by atoms with E-state index in [9.17, 15) is 18.0 Å². The molecule has 1 saturated heterocycles. The van der Waals surface area contributed by atoms with Crippen molar-refractivity contribution in [3.8, 4) is 0 Å². The summed E-state index contributed by atoms with van der Waals surface area (Å²) in [5.41, 5.74) is -0.133. The standard InChI is InChI=1S/C19H17ClF3N5O/c1-11-12(5-3-7-26-11)17(25)28-9-8-27(10-15(28)24)18(29)13-4-2-6-14(16(13)20)19(21,22)23/h2-7,24-25H,8-10H2,1H3. The van der Waals surface area contributed by atoms with Crippen LogP contribution in [0.4, 0.5) is 13.2 Å². The molecule has 1 amide bonds. The fourth-order valence-corrected chi connectivity index (χ4v) is 3.40. The van der Waals surface area contributed by atoms with Crippen LogP contribution in [0.25, 0.3) is 0 Å². The molecule has 3 rings (SSSR count). The van der Waals surface area contributed by atoms with Crippen molar-refractivity contribution in [3.63, 3.8) is 0 Å². The quantitative estimate of drug-likeness (QED) is 0.569. The Morgan fingerprint density at radius 1 is 1.17 bits per heavy atom. The zero-order valence-electron chi connectivity index (χ0n) is 15.3. The van der Waals surface area contributed by atoms with Crippen molar-refractivity contribution < 1.29 is 18.0 Å². The molecule has 0 aliphatic carbocycles. The molecule has 2 N–H and O–H groups in total. The van der Waals surface area contributed by atoms with Crippen LogP contribution in [0.5, 0.6) is 0 Å². The van der Waals surface area contributed by atoms with Gasteiger partial charge in [-0.15, -0.1) is 0 Å². The molecule has 29 heavy (non-hydrogen) atoms. The molecule has 152 valence electrons. The Morgan fingerprint density at radius 2 is 1.86 bits per heavy atom. The van der Waals surface area contributed by atoms with Crippen LogP contribution in [-0.2, 0) is 6.18 Å². The maximum atomic E-state index is 13.1. The van der Waals surface area contributed by atoms with E-state index in [4.69, 9.17) is 22.4 Å². The first-order chi connectivity index (χ1) is 13.6. The molecule has 1 aliphatic heterocycles. The molecule has 10 heteroatoms. The van der Waals surface area contributed by atoms with Crippen LogP contribution in [0.2, 0.25) is 5.02 Å². The molecule has 6 nitrogen and oxygen atoms in total. The van der Waals surface area contributed by atoms with Crippen molar-refractivity contribution in [1.82, 2.24) is 14.8 Å². The van der Waals surface area contributed by atoms with Gasteiger partial charge in [0.15, 0.2) is 0 Å². The number of carbonyl (C=O) groups is 1. The Morgan fingerprint density at radius 3 is 2.48 bits per heavy atom. The number of carbonyl (C=O) groups excluding carboxylic acids is 1. The van der Waals surface area contributed by atoms with E-state index in [2.05, 4.69) is 4.98 Å². The van der Waals surface area contributed by atoms with Crippen molar-refractivity contribution in [2.24, 2.45) is 0 Å². The van der Waals surface area contributed by atoms with Gasteiger partial charge in [-0.05, 0) is 31.2 Å². The maximum Gasteiger partial charge on any atom is 0.417 e. The smallest absolute Gasteiger partial charge is 0.329 e. The molecule has 0 atom stereocenters. The summed E-state index contributed by atoms with van der Waals surface area (Å²) in [6.07, 6.45) is -3.07. The van der Waals surface area contributed by atoms with Crippen LogP contribution in [-0.4, -0.2) is 52.0 Å². The number of pyridine rings is 1. The van der Waals surface area contributed by atoms with Gasteiger partial charge in [-0.2, -0.15) is 13.2 Å². The maximum absolute atomic E-state index is 13.1. The monoisotopic (exact) mass is 423 g/mol. The number of nitrogens with zero attached hydrogens (tertiary/aromatic N) is 3. The Kier molecular flexibility index (Phi) is 5.61. The number of rotatable bonds is 2. The second-order valence-electron chi connectivity index (χ2n) is 6.47. The Labute approximate surface area is 169 Å². The van der Waals surface area contributed by atoms with E-state index in [0.29, 0.717) is 11.3 Å². The minimum Gasteiger partial charge on any atom is -0.329 e. The molecular weight excluding hydrogens is 407 g/mol. The van der Waals surface area contributed by atoms with Gasteiger partial charge in [0.05, 0.1) is 22.7 Å². The fraction of sp³-hybridized carbons (Fsp3) is 0.263. The number of amidine groups is 2. The van der Waals surface area contributed by atoms with E-state index in [-0.39, 0.29) is 36.9 Å². The van der Waals surface area contributed by atoms with Crippen molar-refractivity contribution in [2.45, 2.75) is 13.1 Å². The first kappa shape index (κ1) is 20.8. The predicted octanol–water partition coefficient (Wildman–Crippen LogP) is 3.82. The van der Waals surface area contributed by atoms with Gasteiger partial charge in [0, 0.05) is 30.5 Å². The van der Waals surface area contributed by atoms with Gasteiger partial charge in [-0.1, -0.05) is 17.7 Å². The summed E-state index contributed by atoms with van der Waals surface area (Å²) < 4.78 is 39.2. The lowest BCUT2D eigenvalue weighted by Crippen LogP contribution is -2.54. The van der Waals surface area contributed by atoms with Crippen LogP contribution in [0.15, 0.2) is 36.5 Å². The first-order valence-electron chi connectivity index (χ1n) is 8.61. The minimum absolute atomic E-state index is 0.0130. The Balaban J connectivity index is 1.78. The lowest BCUT2D eigenvalue weighted by Gasteiger charge is -2.36. The zero-order valence-corrected chi connectivity index (χ0v) is 16.1. The Bertz CT molecular complexity index is 992. The molecule has 0 spiro atoms. The van der Waals surface area contributed by atoms with Crippen LogP contribution in [0.1, 0.15) is 27.2 Å². The lowest BCUT2D eigenvalue weighted by molar-refractivity contribution is -0.137. The fourth-order valence-electron chi connectivity index (χ4n) is 3.09. The second kappa shape index (κ2) is 7.82. The first-order valence-corrected chi connectivity index (χ1v) is 8.99. The summed E-state index contributed by atoms with van der Waals surface area (Å²) in [4.78, 5) is 19.6. The molecule has 1 aromatic heterocycles. The highest BCUT2D eigenvalue weighted by molar-refractivity contribution is 6.34. The molecule has 2 aromatic rings. The van der Waals surface area contributed by atoms with E-state index in [0.717, 1.165) is 12.1 Å². The summed E-state index contributed by atoms with van der Waals surface area (Å²) in [5.74, 6) is -0.611. The number of piperazine rings is 1. The minimum atomic E-state index is -4.67. The number of amides is 1. The van der Waals surface area contributed by atoms with E-state index >= 15 is 0 Å². The average Bonchev–Trinajstić information content (AvgIpc) is 2.66. The molecule has 2 heterocycles. The number of hydrogen-bond acceptors (Lipinski definition) is 4. The van der Waals surface area contributed by atoms with E-state index in [1.54, 1.807) is 25.3 Å². The molecule has 1 fully saturated rings. The highest BCUT2D eigenvalue weighted by Gasteiger charge is 2.36. The Hall–Kier alpha value is -2.94. The number of aromatic nitrogens is 1. The highest BCUT2D eigenvalue weighted by Crippen LogP contribution is 2.36. The highest BCUT2D eigenvalue weighted by atomic mass is 35.5. The predicted molar refractivity (Wildman–Crippen MR) is 103 cm³/mol. The molecule has 0 bridgehead atoms. The van der Waals surface area contributed by atoms with Crippen LogP contribution in [0, 0.1) is 17.7 Å². The van der Waals surface area contributed by atoms with Crippen LogP contribution >= 0.6 is 11.6 Å². The van der Waals surface area contributed by atoms with Crippen molar-refractivity contribution in [1.29, 1.82) is 10.8 Å². The van der Waals surface area contributed by atoms with Crippen molar-refractivity contribution in [2.75, 3.05) is 19.6 Å². The lowest BCUT2D eigenvalue weighted by atomic mass is 10.1. The van der Waals surface area contributed by atoms with E-state index in [1.807, 2.05) is 0 Å². The van der Waals surface area contributed by atoms with Gasteiger partial charge >= 0.3 is 6.18 Å². The number of aryl methyl sites for hydroxylation is 1. The summed E-state index contributed by atoms with van der Waals surface area (Å²) in [7, 11) is 0. The molecule has 1 aliphatic rings. The van der Waals surface area contributed by atoms with Gasteiger partial charge in [0.1, 0.15) is 11.7 Å². The number of halogens is 4. The average molecular weight is 424 g/mol. The van der Waals surface area contributed by atoms with Gasteiger partial charge in [0.25, 0.3) is 5.91 Å². The third-order valence-corrected chi connectivity index (χ3v) is 5.02. The van der Waals surface area contributed by atoms with Crippen LogP contribution in [0.3, 0.4) is 0 Å². The second-order valence-corrected chi connectivity index (χ2v) is 6.85. The molecule has 0 saturated carbocycles. The van der Waals surface area contributed by atoms with Crippen LogP contribution < -0.4 is 0 Å². The summed E-state index contributed by atoms with van der Waals surface area (Å²) in [5, 5.41) is 15.9. The molecular formula is C19H17ClF3N5O. The van der Waals surface area contributed by atoms with Crippen molar-refractivity contribution in [3.05, 3.63) is 63.9 Å². The topological polar surface area (TPSA) is 84.1 Å². The van der Waals surface area contributed by atoms with Gasteiger partial charge in [-0.3, -0.25) is 20.6 Å². The van der Waals surface area contributed by atoms with Gasteiger partial charge in [-0.25, -0.2) is 0 Å². The third-order valence-electron chi connectivity index (χ3n) is 4.61. The SMILES string of the molecule is Cc1ncccc1C(=N)N1CCN(C(=O)c2cccc(C(F)(F)F)c2Cl)CC1=N. The largest absolute Gasteiger partial charge is 0.417 e. The number of hydrogen-bond donors (Lipinski definition) is 2.